The lowest BCUT2D eigenvalue weighted by Crippen LogP contribution is -2.53. The topological polar surface area (TPSA) is 71.5 Å². The normalized spacial score (nSPS) is 16.0. The molecule has 2 amide bonds. The summed E-state index contributed by atoms with van der Waals surface area (Å²) in [7, 11) is 0. The maximum absolute atomic E-state index is 12.8. The first kappa shape index (κ1) is 17.4. The van der Waals surface area contributed by atoms with Crippen LogP contribution in [0.4, 0.5) is 0 Å². The fourth-order valence-corrected chi connectivity index (χ4v) is 3.00. The fraction of sp³-hybridized carbons (Fsp3) is 0.421. The zero-order valence-corrected chi connectivity index (χ0v) is 14.6. The molecule has 25 heavy (non-hydrogen) atoms. The standard InChI is InChI=1S/C19H23N3O3/c1-13(2)16(19(24)22-9-11-25-12-10-22)21-18(23)17-15-6-4-3-5-14(15)7-8-20-17/h3-8,13,16H,9-12H2,1-2H3,(H,21,23). The zero-order chi connectivity index (χ0) is 17.8. The van der Waals surface area contributed by atoms with E-state index in [1.807, 2.05) is 44.2 Å². The number of carbonyl (C=O) groups is 2. The molecule has 0 bridgehead atoms. The molecule has 0 radical (unpaired) electrons. The summed E-state index contributed by atoms with van der Waals surface area (Å²) in [4.78, 5) is 31.6. The van der Waals surface area contributed by atoms with Crippen molar-refractivity contribution in [1.82, 2.24) is 15.2 Å². The number of hydrogen-bond donors (Lipinski definition) is 1. The molecule has 2 heterocycles. The minimum absolute atomic E-state index is 0.0192. The van der Waals surface area contributed by atoms with E-state index >= 15 is 0 Å². The molecule has 1 aliphatic heterocycles. The van der Waals surface area contributed by atoms with Crippen LogP contribution in [0.2, 0.25) is 0 Å². The molecule has 0 saturated carbocycles. The monoisotopic (exact) mass is 341 g/mol. The van der Waals surface area contributed by atoms with Gasteiger partial charge in [-0.05, 0) is 17.4 Å². The van der Waals surface area contributed by atoms with Gasteiger partial charge in [0, 0.05) is 24.7 Å². The number of ether oxygens (including phenoxy) is 1. The summed E-state index contributed by atoms with van der Waals surface area (Å²) in [5, 5.41) is 4.62. The van der Waals surface area contributed by atoms with Gasteiger partial charge in [-0.2, -0.15) is 0 Å². The zero-order valence-electron chi connectivity index (χ0n) is 14.6. The average Bonchev–Trinajstić information content (AvgIpc) is 2.65. The Hall–Kier alpha value is -2.47. The second kappa shape index (κ2) is 7.61. The Morgan fingerprint density at radius 2 is 1.88 bits per heavy atom. The number of nitrogens with one attached hydrogen (secondary N) is 1. The van der Waals surface area contributed by atoms with Crippen molar-refractivity contribution >= 4 is 22.6 Å². The summed E-state index contributed by atoms with van der Waals surface area (Å²) in [5.41, 5.74) is 0.346. The van der Waals surface area contributed by atoms with E-state index in [4.69, 9.17) is 4.74 Å². The van der Waals surface area contributed by atoms with E-state index < -0.39 is 6.04 Å². The highest BCUT2D eigenvalue weighted by atomic mass is 16.5. The molecule has 0 spiro atoms. The molecule has 1 aliphatic rings. The number of amides is 2. The molecule has 2 aromatic rings. The van der Waals surface area contributed by atoms with Crippen molar-refractivity contribution in [1.29, 1.82) is 0 Å². The van der Waals surface area contributed by atoms with Gasteiger partial charge in [0.2, 0.25) is 5.91 Å². The smallest absolute Gasteiger partial charge is 0.271 e. The lowest BCUT2D eigenvalue weighted by atomic mass is 10.0. The Labute approximate surface area is 147 Å². The summed E-state index contributed by atoms with van der Waals surface area (Å²) in [6.45, 7) is 6.05. The number of pyridine rings is 1. The molecule has 1 unspecified atom stereocenters. The molecule has 3 rings (SSSR count). The van der Waals surface area contributed by atoms with Crippen LogP contribution in [0.5, 0.6) is 0 Å². The van der Waals surface area contributed by atoms with Gasteiger partial charge in [0.15, 0.2) is 0 Å². The number of carbonyl (C=O) groups excluding carboxylic acids is 2. The fourth-order valence-electron chi connectivity index (χ4n) is 3.00. The van der Waals surface area contributed by atoms with Crippen molar-refractivity contribution in [3.63, 3.8) is 0 Å². The van der Waals surface area contributed by atoms with Gasteiger partial charge < -0.3 is 15.0 Å². The van der Waals surface area contributed by atoms with Crippen LogP contribution in [-0.2, 0) is 9.53 Å². The first-order chi connectivity index (χ1) is 12.1. The minimum atomic E-state index is -0.577. The lowest BCUT2D eigenvalue weighted by molar-refractivity contribution is -0.138. The van der Waals surface area contributed by atoms with Gasteiger partial charge in [0.25, 0.3) is 5.91 Å². The van der Waals surface area contributed by atoms with Gasteiger partial charge in [0.1, 0.15) is 11.7 Å². The third kappa shape index (κ3) is 3.79. The van der Waals surface area contributed by atoms with Crippen molar-refractivity contribution in [2.75, 3.05) is 26.3 Å². The second-order valence-corrected chi connectivity index (χ2v) is 6.51. The maximum Gasteiger partial charge on any atom is 0.271 e. The Morgan fingerprint density at radius 1 is 1.16 bits per heavy atom. The number of benzene rings is 1. The van der Waals surface area contributed by atoms with E-state index in [1.165, 1.54) is 0 Å². The quantitative estimate of drug-likeness (QED) is 0.921. The number of aromatic nitrogens is 1. The number of nitrogens with zero attached hydrogens (tertiary/aromatic N) is 2. The van der Waals surface area contributed by atoms with Crippen LogP contribution in [0.3, 0.4) is 0 Å². The van der Waals surface area contributed by atoms with Gasteiger partial charge in [-0.15, -0.1) is 0 Å². The van der Waals surface area contributed by atoms with Crippen molar-refractivity contribution in [2.45, 2.75) is 19.9 Å². The molecule has 1 aromatic heterocycles. The van der Waals surface area contributed by atoms with Crippen molar-refractivity contribution in [3.05, 3.63) is 42.2 Å². The van der Waals surface area contributed by atoms with Crippen LogP contribution in [0.25, 0.3) is 10.8 Å². The van der Waals surface area contributed by atoms with Crippen molar-refractivity contribution in [2.24, 2.45) is 5.92 Å². The summed E-state index contributed by atoms with van der Waals surface area (Å²) in [6.07, 6.45) is 1.62. The number of hydrogen-bond acceptors (Lipinski definition) is 4. The number of fused-ring (bicyclic) bond motifs is 1. The largest absolute Gasteiger partial charge is 0.378 e. The third-order valence-corrected chi connectivity index (χ3v) is 4.43. The molecule has 6 heteroatoms. The van der Waals surface area contributed by atoms with Gasteiger partial charge in [0.05, 0.1) is 13.2 Å². The van der Waals surface area contributed by atoms with Gasteiger partial charge in [-0.3, -0.25) is 14.6 Å². The molecule has 1 saturated heterocycles. The second-order valence-electron chi connectivity index (χ2n) is 6.51. The highest BCUT2D eigenvalue weighted by molar-refractivity contribution is 6.06. The number of rotatable bonds is 4. The van der Waals surface area contributed by atoms with Gasteiger partial charge in [-0.1, -0.05) is 38.1 Å². The van der Waals surface area contributed by atoms with E-state index in [2.05, 4.69) is 10.3 Å². The van der Waals surface area contributed by atoms with E-state index in [1.54, 1.807) is 11.1 Å². The molecule has 1 aromatic carbocycles. The van der Waals surface area contributed by atoms with E-state index in [-0.39, 0.29) is 17.7 Å². The first-order valence-electron chi connectivity index (χ1n) is 8.59. The van der Waals surface area contributed by atoms with E-state index in [0.29, 0.717) is 32.0 Å². The summed E-state index contributed by atoms with van der Waals surface area (Å²) in [5.74, 6) is -0.404. The Morgan fingerprint density at radius 3 is 2.60 bits per heavy atom. The van der Waals surface area contributed by atoms with Crippen molar-refractivity contribution < 1.29 is 14.3 Å². The molecule has 6 nitrogen and oxygen atoms in total. The van der Waals surface area contributed by atoms with Gasteiger partial charge in [-0.25, -0.2) is 0 Å². The first-order valence-corrected chi connectivity index (χ1v) is 8.59. The Kier molecular flexibility index (Phi) is 5.28. The highest BCUT2D eigenvalue weighted by Gasteiger charge is 2.30. The van der Waals surface area contributed by atoms with Crippen LogP contribution in [0.1, 0.15) is 24.3 Å². The Bertz CT molecular complexity index is 764. The molecule has 1 N–H and O–H groups in total. The maximum atomic E-state index is 12.8. The summed E-state index contributed by atoms with van der Waals surface area (Å²) < 4.78 is 5.30. The molecule has 1 fully saturated rings. The molecule has 132 valence electrons. The van der Waals surface area contributed by atoms with Crippen LogP contribution in [-0.4, -0.2) is 54.0 Å². The minimum Gasteiger partial charge on any atom is -0.378 e. The van der Waals surface area contributed by atoms with Gasteiger partial charge >= 0.3 is 0 Å². The lowest BCUT2D eigenvalue weighted by Gasteiger charge is -2.32. The third-order valence-electron chi connectivity index (χ3n) is 4.43. The van der Waals surface area contributed by atoms with Crippen LogP contribution >= 0.6 is 0 Å². The Balaban J connectivity index is 1.81. The van der Waals surface area contributed by atoms with Crippen LogP contribution in [0, 0.1) is 5.92 Å². The van der Waals surface area contributed by atoms with Crippen molar-refractivity contribution in [3.8, 4) is 0 Å². The number of morpholine rings is 1. The molecule has 0 aliphatic carbocycles. The highest BCUT2D eigenvalue weighted by Crippen LogP contribution is 2.17. The summed E-state index contributed by atoms with van der Waals surface area (Å²) >= 11 is 0. The molecular weight excluding hydrogens is 318 g/mol. The van der Waals surface area contributed by atoms with Crippen LogP contribution < -0.4 is 5.32 Å². The predicted molar refractivity (Wildman–Crippen MR) is 95.2 cm³/mol. The predicted octanol–water partition coefficient (Wildman–Crippen LogP) is 1.85. The SMILES string of the molecule is CC(C)C(NC(=O)c1nccc2ccccc12)C(=O)N1CCOCC1. The molecule has 1 atom stereocenters. The summed E-state index contributed by atoms with van der Waals surface area (Å²) in [6, 6.07) is 8.89. The van der Waals surface area contributed by atoms with Crippen LogP contribution in [0.15, 0.2) is 36.5 Å². The van der Waals surface area contributed by atoms with E-state index in [9.17, 15) is 9.59 Å². The molecular formula is C19H23N3O3. The average molecular weight is 341 g/mol. The van der Waals surface area contributed by atoms with E-state index in [0.717, 1.165) is 10.8 Å².